The van der Waals surface area contributed by atoms with Gasteiger partial charge in [-0.2, -0.15) is 4.98 Å². The highest BCUT2D eigenvalue weighted by molar-refractivity contribution is 5.89. The maximum Gasteiger partial charge on any atom is 0.321 e. The zero-order valence-electron chi connectivity index (χ0n) is 14.3. The van der Waals surface area contributed by atoms with E-state index in [4.69, 9.17) is 14.4 Å². The molecule has 26 heavy (non-hydrogen) atoms. The van der Waals surface area contributed by atoms with E-state index in [0.717, 1.165) is 12.8 Å². The largest absolute Gasteiger partial charge is 0.485 e. The van der Waals surface area contributed by atoms with Crippen molar-refractivity contribution in [3.63, 3.8) is 0 Å². The fourth-order valence-corrected chi connectivity index (χ4v) is 2.19. The van der Waals surface area contributed by atoms with Gasteiger partial charge >= 0.3 is 12.0 Å². The zero-order valence-corrected chi connectivity index (χ0v) is 14.3. The van der Waals surface area contributed by atoms with E-state index in [9.17, 15) is 9.59 Å². The molecule has 3 rings (SSSR count). The Labute approximate surface area is 149 Å². The Morgan fingerprint density at radius 1 is 1.35 bits per heavy atom. The summed E-state index contributed by atoms with van der Waals surface area (Å²) in [7, 11) is 1.54. The van der Waals surface area contributed by atoms with Crippen molar-refractivity contribution in [2.75, 3.05) is 18.9 Å². The number of amides is 2. The number of carbonyl (C=O) groups excluding carboxylic acids is 1. The van der Waals surface area contributed by atoms with Crippen LogP contribution in [-0.2, 0) is 11.4 Å². The maximum absolute atomic E-state index is 11.9. The Morgan fingerprint density at radius 2 is 2.08 bits per heavy atom. The minimum atomic E-state index is -0.947. The molecule has 9 nitrogen and oxygen atoms in total. The molecule has 0 radical (unpaired) electrons. The molecule has 0 bridgehead atoms. The summed E-state index contributed by atoms with van der Waals surface area (Å²) in [5.74, 6) is 1.25. The van der Waals surface area contributed by atoms with Gasteiger partial charge in [-0.05, 0) is 37.1 Å². The molecule has 2 aromatic rings. The van der Waals surface area contributed by atoms with E-state index in [-0.39, 0.29) is 25.6 Å². The minimum Gasteiger partial charge on any atom is -0.485 e. The smallest absolute Gasteiger partial charge is 0.321 e. The molecule has 9 heteroatoms. The van der Waals surface area contributed by atoms with Crippen LogP contribution in [0, 0.1) is 0 Å². The molecule has 1 aliphatic rings. The van der Waals surface area contributed by atoms with E-state index in [1.54, 1.807) is 24.3 Å². The van der Waals surface area contributed by atoms with Gasteiger partial charge < -0.3 is 24.6 Å². The number of hydrogen-bond acceptors (Lipinski definition) is 6. The van der Waals surface area contributed by atoms with Crippen LogP contribution in [-0.4, -0.2) is 45.7 Å². The molecule has 2 N–H and O–H groups in total. The second kappa shape index (κ2) is 7.85. The SMILES string of the molecule is CN(CCC(=O)O)C(=O)Nc1ccc(OCc2noc(C3CC3)n2)cc1. The summed E-state index contributed by atoms with van der Waals surface area (Å²) in [6.45, 7) is 0.343. The average molecular weight is 360 g/mol. The molecule has 0 saturated heterocycles. The number of carboxylic acid groups (broad SMARTS) is 1. The highest BCUT2D eigenvalue weighted by Crippen LogP contribution is 2.38. The van der Waals surface area contributed by atoms with Gasteiger partial charge in [-0.15, -0.1) is 0 Å². The zero-order chi connectivity index (χ0) is 18.5. The average Bonchev–Trinajstić information content (AvgIpc) is 3.37. The highest BCUT2D eigenvalue weighted by Gasteiger charge is 2.29. The third kappa shape index (κ3) is 4.95. The van der Waals surface area contributed by atoms with Gasteiger partial charge in [0.25, 0.3) is 0 Å². The number of carbonyl (C=O) groups is 2. The van der Waals surface area contributed by atoms with Crippen LogP contribution in [0.3, 0.4) is 0 Å². The molecule has 0 spiro atoms. The van der Waals surface area contributed by atoms with E-state index in [1.807, 2.05) is 0 Å². The normalized spacial score (nSPS) is 13.3. The predicted octanol–water partition coefficient (Wildman–Crippen LogP) is 2.46. The Bertz CT molecular complexity index is 770. The molecule has 1 fully saturated rings. The van der Waals surface area contributed by atoms with Gasteiger partial charge in [0, 0.05) is 25.2 Å². The molecule has 1 aromatic carbocycles. The number of nitrogens with one attached hydrogen (secondary N) is 1. The number of aliphatic carboxylic acids is 1. The molecule has 0 aliphatic heterocycles. The molecule has 0 unspecified atom stereocenters. The van der Waals surface area contributed by atoms with Crippen LogP contribution in [0.2, 0.25) is 0 Å². The first kappa shape index (κ1) is 17.7. The Morgan fingerprint density at radius 3 is 2.73 bits per heavy atom. The first-order valence-electron chi connectivity index (χ1n) is 8.30. The third-order valence-corrected chi connectivity index (χ3v) is 3.89. The van der Waals surface area contributed by atoms with Gasteiger partial charge in [-0.1, -0.05) is 5.16 Å². The van der Waals surface area contributed by atoms with Crippen LogP contribution in [0.25, 0.3) is 0 Å². The van der Waals surface area contributed by atoms with Crippen molar-refractivity contribution in [3.05, 3.63) is 36.0 Å². The van der Waals surface area contributed by atoms with Crippen molar-refractivity contribution >= 4 is 17.7 Å². The molecular formula is C17H20N4O5. The van der Waals surface area contributed by atoms with E-state index < -0.39 is 5.97 Å². The van der Waals surface area contributed by atoms with E-state index in [2.05, 4.69) is 15.5 Å². The molecule has 2 amide bonds. The number of benzene rings is 1. The highest BCUT2D eigenvalue weighted by atomic mass is 16.5. The second-order valence-corrected chi connectivity index (χ2v) is 6.13. The minimum absolute atomic E-state index is 0.102. The Kier molecular flexibility index (Phi) is 5.35. The van der Waals surface area contributed by atoms with E-state index in [1.165, 1.54) is 11.9 Å². The molecular weight excluding hydrogens is 340 g/mol. The van der Waals surface area contributed by atoms with Crippen molar-refractivity contribution < 1.29 is 24.0 Å². The lowest BCUT2D eigenvalue weighted by atomic mass is 10.3. The standard InChI is InChI=1S/C17H20N4O5/c1-21(9-8-15(22)23)17(24)18-12-4-6-13(7-5-12)25-10-14-19-16(26-20-14)11-2-3-11/h4-7,11H,2-3,8-10H2,1H3,(H,18,24)(H,22,23). The number of carboxylic acids is 1. The number of ether oxygens (including phenoxy) is 1. The fourth-order valence-electron chi connectivity index (χ4n) is 2.19. The number of nitrogens with zero attached hydrogens (tertiary/aromatic N) is 3. The molecule has 1 saturated carbocycles. The number of rotatable bonds is 8. The summed E-state index contributed by atoms with van der Waals surface area (Å²) in [4.78, 5) is 28.1. The predicted molar refractivity (Wildman–Crippen MR) is 90.9 cm³/mol. The van der Waals surface area contributed by atoms with Crippen molar-refractivity contribution in [3.8, 4) is 5.75 Å². The van der Waals surface area contributed by atoms with Crippen molar-refractivity contribution in [2.45, 2.75) is 31.8 Å². The van der Waals surface area contributed by atoms with E-state index in [0.29, 0.717) is 29.1 Å². The molecule has 1 heterocycles. The van der Waals surface area contributed by atoms with Crippen LogP contribution < -0.4 is 10.1 Å². The van der Waals surface area contributed by atoms with Gasteiger partial charge in [0.2, 0.25) is 11.7 Å². The lowest BCUT2D eigenvalue weighted by Gasteiger charge is -2.17. The van der Waals surface area contributed by atoms with E-state index >= 15 is 0 Å². The number of anilines is 1. The Hall–Kier alpha value is -3.10. The lowest BCUT2D eigenvalue weighted by Crippen LogP contribution is -2.33. The second-order valence-electron chi connectivity index (χ2n) is 6.13. The van der Waals surface area contributed by atoms with Gasteiger partial charge in [0.15, 0.2) is 6.61 Å². The topological polar surface area (TPSA) is 118 Å². The van der Waals surface area contributed by atoms with Crippen molar-refractivity contribution in [1.29, 1.82) is 0 Å². The van der Waals surface area contributed by atoms with Crippen LogP contribution >= 0.6 is 0 Å². The summed E-state index contributed by atoms with van der Waals surface area (Å²) >= 11 is 0. The summed E-state index contributed by atoms with van der Waals surface area (Å²) < 4.78 is 10.8. The fraction of sp³-hybridized carbons (Fsp3) is 0.412. The van der Waals surface area contributed by atoms with Crippen LogP contribution in [0.4, 0.5) is 10.5 Å². The van der Waals surface area contributed by atoms with Gasteiger partial charge in [0.05, 0.1) is 6.42 Å². The Balaban J connectivity index is 1.46. The van der Waals surface area contributed by atoms with Gasteiger partial charge in [-0.25, -0.2) is 4.79 Å². The lowest BCUT2D eigenvalue weighted by molar-refractivity contribution is -0.137. The summed E-state index contributed by atoms with van der Waals surface area (Å²) in [5, 5.41) is 15.2. The molecule has 1 aliphatic carbocycles. The maximum atomic E-state index is 11.9. The summed E-state index contributed by atoms with van der Waals surface area (Å²) in [6, 6.07) is 6.46. The number of hydrogen-bond donors (Lipinski definition) is 2. The van der Waals surface area contributed by atoms with Crippen LogP contribution in [0.15, 0.2) is 28.8 Å². The quantitative estimate of drug-likeness (QED) is 0.742. The van der Waals surface area contributed by atoms with Crippen LogP contribution in [0.1, 0.15) is 36.9 Å². The third-order valence-electron chi connectivity index (χ3n) is 3.89. The monoisotopic (exact) mass is 360 g/mol. The van der Waals surface area contributed by atoms with Gasteiger partial charge in [-0.3, -0.25) is 4.79 Å². The van der Waals surface area contributed by atoms with Crippen molar-refractivity contribution in [1.82, 2.24) is 15.0 Å². The van der Waals surface area contributed by atoms with Crippen LogP contribution in [0.5, 0.6) is 5.75 Å². The first-order chi connectivity index (χ1) is 12.5. The number of aromatic nitrogens is 2. The molecule has 138 valence electrons. The van der Waals surface area contributed by atoms with Gasteiger partial charge in [0.1, 0.15) is 5.75 Å². The number of urea groups is 1. The summed E-state index contributed by atoms with van der Waals surface area (Å²) in [5.41, 5.74) is 0.583. The molecule has 1 aromatic heterocycles. The molecule has 0 atom stereocenters. The van der Waals surface area contributed by atoms with Crippen molar-refractivity contribution in [2.24, 2.45) is 0 Å². The summed E-state index contributed by atoms with van der Waals surface area (Å²) in [6.07, 6.45) is 2.09. The first-order valence-corrected chi connectivity index (χ1v) is 8.30.